The van der Waals surface area contributed by atoms with Gasteiger partial charge in [-0.3, -0.25) is 14.8 Å². The summed E-state index contributed by atoms with van der Waals surface area (Å²) >= 11 is 4.86. The second-order valence-electron chi connectivity index (χ2n) is 3.27. The van der Waals surface area contributed by atoms with Crippen molar-refractivity contribution in [1.29, 1.82) is 0 Å². The second-order valence-corrected chi connectivity index (χ2v) is 3.68. The molecule has 16 heavy (non-hydrogen) atoms. The highest BCUT2D eigenvalue weighted by molar-refractivity contribution is 7.71. The minimum absolute atomic E-state index is 0.219. The lowest BCUT2D eigenvalue weighted by Gasteiger charge is -2.03. The maximum Gasteiger partial charge on any atom is 0.255 e. The maximum atomic E-state index is 12.7. The molecule has 0 bridgehead atoms. The number of aromatic amines is 2. The topological polar surface area (TPSA) is 61.5 Å². The summed E-state index contributed by atoms with van der Waals surface area (Å²) in [6.45, 7) is 1.64. The number of rotatable bonds is 1. The summed E-state index contributed by atoms with van der Waals surface area (Å²) in [5.41, 5.74) is 1.18. The van der Waals surface area contributed by atoms with Gasteiger partial charge in [-0.2, -0.15) is 0 Å². The largest absolute Gasteiger partial charge is 0.330 e. The molecule has 0 unspecified atom stereocenters. The van der Waals surface area contributed by atoms with E-state index in [0.717, 1.165) is 6.20 Å². The van der Waals surface area contributed by atoms with Crippen LogP contribution >= 0.6 is 12.2 Å². The summed E-state index contributed by atoms with van der Waals surface area (Å²) in [5.74, 6) is -0.426. The van der Waals surface area contributed by atoms with Gasteiger partial charge in [0.05, 0.1) is 17.6 Å². The van der Waals surface area contributed by atoms with E-state index in [2.05, 4.69) is 15.0 Å². The first kappa shape index (κ1) is 10.7. The highest BCUT2D eigenvalue weighted by Gasteiger charge is 2.07. The number of halogens is 1. The zero-order valence-corrected chi connectivity index (χ0v) is 9.19. The zero-order chi connectivity index (χ0) is 11.7. The Morgan fingerprint density at radius 1 is 1.38 bits per heavy atom. The summed E-state index contributed by atoms with van der Waals surface area (Å²) in [7, 11) is 0. The van der Waals surface area contributed by atoms with Gasteiger partial charge in [-0.15, -0.1) is 0 Å². The molecule has 2 heterocycles. The lowest BCUT2D eigenvalue weighted by atomic mass is 10.2. The average molecular weight is 237 g/mol. The first-order valence-corrected chi connectivity index (χ1v) is 4.94. The van der Waals surface area contributed by atoms with E-state index in [1.165, 1.54) is 12.1 Å². The molecule has 0 fully saturated rings. The summed E-state index contributed by atoms with van der Waals surface area (Å²) in [6, 6.07) is 2.77. The van der Waals surface area contributed by atoms with Crippen molar-refractivity contribution in [3.8, 4) is 11.4 Å². The molecule has 0 aliphatic rings. The summed E-state index contributed by atoms with van der Waals surface area (Å²) in [4.78, 5) is 20.6. The molecule has 0 spiro atoms. The van der Waals surface area contributed by atoms with Crippen molar-refractivity contribution in [2.24, 2.45) is 0 Å². The number of pyridine rings is 1. The molecular formula is C10H8FN3OS. The van der Waals surface area contributed by atoms with Gasteiger partial charge in [-0.1, -0.05) is 0 Å². The van der Waals surface area contributed by atoms with E-state index in [9.17, 15) is 9.18 Å². The lowest BCUT2D eigenvalue weighted by Crippen LogP contribution is -2.13. The van der Waals surface area contributed by atoms with E-state index in [-0.39, 0.29) is 10.3 Å². The van der Waals surface area contributed by atoms with Crippen LogP contribution in [-0.2, 0) is 0 Å². The van der Waals surface area contributed by atoms with Crippen molar-refractivity contribution in [3.63, 3.8) is 0 Å². The van der Waals surface area contributed by atoms with Crippen LogP contribution in [0.5, 0.6) is 0 Å². The van der Waals surface area contributed by atoms with E-state index in [4.69, 9.17) is 12.2 Å². The zero-order valence-electron chi connectivity index (χ0n) is 8.37. The van der Waals surface area contributed by atoms with Crippen LogP contribution in [0.4, 0.5) is 4.39 Å². The second kappa shape index (κ2) is 3.97. The van der Waals surface area contributed by atoms with Crippen LogP contribution < -0.4 is 5.56 Å². The molecule has 0 radical (unpaired) electrons. The molecule has 2 N–H and O–H groups in total. The van der Waals surface area contributed by atoms with Crippen molar-refractivity contribution in [2.45, 2.75) is 6.92 Å². The van der Waals surface area contributed by atoms with Crippen molar-refractivity contribution in [3.05, 3.63) is 44.8 Å². The Kier molecular flexibility index (Phi) is 2.66. The third kappa shape index (κ3) is 1.92. The first-order valence-electron chi connectivity index (χ1n) is 4.53. The molecule has 0 aliphatic carbocycles. The Hall–Kier alpha value is -1.82. The Morgan fingerprint density at radius 2 is 2.12 bits per heavy atom. The molecule has 82 valence electrons. The van der Waals surface area contributed by atoms with Crippen LogP contribution in [0.1, 0.15) is 5.56 Å². The fourth-order valence-electron chi connectivity index (χ4n) is 1.33. The predicted molar refractivity (Wildman–Crippen MR) is 60.2 cm³/mol. The molecular weight excluding hydrogens is 229 g/mol. The van der Waals surface area contributed by atoms with Crippen LogP contribution in [0.25, 0.3) is 11.4 Å². The van der Waals surface area contributed by atoms with Crippen molar-refractivity contribution in [1.82, 2.24) is 15.0 Å². The highest BCUT2D eigenvalue weighted by atomic mass is 32.1. The molecule has 2 rings (SSSR count). The monoisotopic (exact) mass is 237 g/mol. The quantitative estimate of drug-likeness (QED) is 0.745. The number of aromatic nitrogens is 3. The molecule has 0 amide bonds. The Balaban J connectivity index is 2.69. The fourth-order valence-corrected chi connectivity index (χ4v) is 1.52. The van der Waals surface area contributed by atoms with Crippen molar-refractivity contribution >= 4 is 12.2 Å². The number of hydrogen-bond donors (Lipinski definition) is 2. The van der Waals surface area contributed by atoms with Crippen LogP contribution in [0.2, 0.25) is 0 Å². The maximum absolute atomic E-state index is 12.7. The molecule has 0 saturated heterocycles. The van der Waals surface area contributed by atoms with Gasteiger partial charge < -0.3 is 4.98 Å². The van der Waals surface area contributed by atoms with Crippen molar-refractivity contribution < 1.29 is 4.39 Å². The van der Waals surface area contributed by atoms with Gasteiger partial charge in [-0.25, -0.2) is 4.39 Å². The van der Waals surface area contributed by atoms with Gasteiger partial charge in [0.2, 0.25) is 0 Å². The van der Waals surface area contributed by atoms with Gasteiger partial charge in [0, 0.05) is 5.56 Å². The third-order valence-electron chi connectivity index (χ3n) is 2.16. The van der Waals surface area contributed by atoms with Crippen LogP contribution in [0, 0.1) is 17.5 Å². The fraction of sp³-hybridized carbons (Fsp3) is 0.100. The third-order valence-corrected chi connectivity index (χ3v) is 2.37. The highest BCUT2D eigenvalue weighted by Crippen LogP contribution is 2.15. The minimum atomic E-state index is -0.426. The first-order chi connectivity index (χ1) is 7.58. The lowest BCUT2D eigenvalue weighted by molar-refractivity contribution is 0.621. The molecule has 0 aliphatic heterocycles. The Morgan fingerprint density at radius 3 is 2.75 bits per heavy atom. The average Bonchev–Trinajstić information content (AvgIpc) is 2.25. The number of nitrogens with one attached hydrogen (secondary N) is 2. The van der Waals surface area contributed by atoms with Gasteiger partial charge in [0.1, 0.15) is 5.82 Å². The molecule has 0 atom stereocenters. The van der Waals surface area contributed by atoms with Crippen LogP contribution in [0.3, 0.4) is 0 Å². The molecule has 0 aromatic carbocycles. The van der Waals surface area contributed by atoms with E-state index in [1.54, 1.807) is 6.92 Å². The number of nitrogens with zero attached hydrogens (tertiary/aromatic N) is 1. The summed E-state index contributed by atoms with van der Waals surface area (Å²) < 4.78 is 12.9. The molecule has 2 aromatic heterocycles. The summed E-state index contributed by atoms with van der Waals surface area (Å²) in [5, 5.41) is 0. The molecule has 4 nitrogen and oxygen atoms in total. The van der Waals surface area contributed by atoms with Gasteiger partial charge in [-0.05, 0) is 31.3 Å². The number of H-pyrrole nitrogens is 2. The molecule has 0 saturated carbocycles. The molecule has 6 heteroatoms. The minimum Gasteiger partial charge on any atom is -0.330 e. The smallest absolute Gasteiger partial charge is 0.255 e. The van der Waals surface area contributed by atoms with E-state index >= 15 is 0 Å². The van der Waals surface area contributed by atoms with Crippen LogP contribution in [-0.4, -0.2) is 15.0 Å². The van der Waals surface area contributed by atoms with Crippen LogP contribution in [0.15, 0.2) is 23.1 Å². The summed E-state index contributed by atoms with van der Waals surface area (Å²) in [6.07, 6.45) is 1.09. The van der Waals surface area contributed by atoms with E-state index < -0.39 is 5.82 Å². The Labute approximate surface area is 95.2 Å². The van der Waals surface area contributed by atoms with Gasteiger partial charge in [0.15, 0.2) is 4.77 Å². The SMILES string of the molecule is Cc1c(-c2ccc(F)cn2)[nH]c(=S)[nH]c1=O. The van der Waals surface area contributed by atoms with Gasteiger partial charge >= 0.3 is 0 Å². The number of hydrogen-bond acceptors (Lipinski definition) is 3. The Bertz CT molecular complexity index is 630. The standard InChI is InChI=1S/C10H8FN3OS/c1-5-8(13-10(16)14-9(5)15)7-3-2-6(11)4-12-7/h2-4H,1H3,(H2,13,14,15,16). The van der Waals surface area contributed by atoms with Gasteiger partial charge in [0.25, 0.3) is 5.56 Å². The van der Waals surface area contributed by atoms with E-state index in [1.807, 2.05) is 0 Å². The normalized spacial score (nSPS) is 10.4. The van der Waals surface area contributed by atoms with Crippen molar-refractivity contribution in [2.75, 3.05) is 0 Å². The van der Waals surface area contributed by atoms with E-state index in [0.29, 0.717) is 17.0 Å². The molecule has 2 aromatic rings. The predicted octanol–water partition coefficient (Wildman–Crippen LogP) is 1.94.